The number of amides is 1. The van der Waals surface area contributed by atoms with E-state index in [2.05, 4.69) is 27.9 Å². The third-order valence-corrected chi connectivity index (χ3v) is 3.17. The van der Waals surface area contributed by atoms with Crippen molar-refractivity contribution in [3.05, 3.63) is 63.0 Å². The third kappa shape index (κ3) is 3.29. The number of carbonyl (C=O) groups excluding carboxylic acids is 1. The van der Waals surface area contributed by atoms with Crippen LogP contribution in [0.2, 0.25) is 0 Å². The molecule has 0 spiro atoms. The first-order valence-electron chi connectivity index (χ1n) is 5.37. The fraction of sp³-hybridized carbons (Fsp3) is 0. The molecular weight excluding hydrogens is 358 g/mol. The van der Waals surface area contributed by atoms with Crippen LogP contribution in [0.15, 0.2) is 42.5 Å². The highest BCUT2D eigenvalue weighted by molar-refractivity contribution is 14.1. The van der Waals surface area contributed by atoms with Gasteiger partial charge in [0, 0.05) is 14.8 Å². The molecule has 0 radical (unpaired) electrons. The van der Waals surface area contributed by atoms with Gasteiger partial charge in [-0.05, 0) is 65.1 Å². The zero-order chi connectivity index (χ0) is 13.8. The van der Waals surface area contributed by atoms with Gasteiger partial charge in [0.15, 0.2) is 0 Å². The molecule has 94 valence electrons. The molecule has 0 saturated heterocycles. The Kier molecular flexibility index (Phi) is 4.12. The smallest absolute Gasteiger partial charge is 0.255 e. The van der Waals surface area contributed by atoms with Crippen LogP contribution in [-0.2, 0) is 0 Å². The Hall–Kier alpha value is -1.94. The monoisotopic (exact) mass is 366 g/mol. The second kappa shape index (κ2) is 5.80. The van der Waals surface area contributed by atoms with Crippen LogP contribution in [0.1, 0.15) is 15.9 Å². The number of hydrogen-bond acceptors (Lipinski definition) is 2. The summed E-state index contributed by atoms with van der Waals surface area (Å²) in [7, 11) is 0. The zero-order valence-corrected chi connectivity index (χ0v) is 11.8. The number of hydrogen-bond donors (Lipinski definition) is 1. The maximum Gasteiger partial charge on any atom is 0.255 e. The summed E-state index contributed by atoms with van der Waals surface area (Å²) in [4.78, 5) is 11.9. The average molecular weight is 366 g/mol. The number of carbonyl (C=O) groups is 1. The first-order chi connectivity index (χ1) is 9.10. The number of anilines is 1. The topological polar surface area (TPSA) is 52.9 Å². The molecule has 2 aromatic rings. The van der Waals surface area contributed by atoms with Crippen molar-refractivity contribution in [3.63, 3.8) is 0 Å². The van der Waals surface area contributed by atoms with Gasteiger partial charge >= 0.3 is 0 Å². The van der Waals surface area contributed by atoms with Crippen molar-refractivity contribution in [3.8, 4) is 6.07 Å². The van der Waals surface area contributed by atoms with Crippen molar-refractivity contribution < 1.29 is 9.18 Å². The lowest BCUT2D eigenvalue weighted by Crippen LogP contribution is -2.12. The third-order valence-electron chi connectivity index (χ3n) is 2.45. The Labute approximate surface area is 123 Å². The largest absolute Gasteiger partial charge is 0.322 e. The van der Waals surface area contributed by atoms with E-state index in [1.54, 1.807) is 18.2 Å². The standard InChI is InChI=1S/C14H8FIN2O/c15-13-6-5-12(7-10(13)8-17)18-14(19)9-1-3-11(16)4-2-9/h1-7H,(H,18,19). The molecule has 0 saturated carbocycles. The number of benzene rings is 2. The lowest BCUT2D eigenvalue weighted by molar-refractivity contribution is 0.102. The Morgan fingerprint density at radius 2 is 1.89 bits per heavy atom. The predicted octanol–water partition coefficient (Wildman–Crippen LogP) is 3.55. The second-order valence-corrected chi connectivity index (χ2v) is 5.01. The maximum absolute atomic E-state index is 13.1. The van der Waals surface area contributed by atoms with E-state index in [4.69, 9.17) is 5.26 Å². The highest BCUT2D eigenvalue weighted by atomic mass is 127. The minimum absolute atomic E-state index is 0.0968. The number of nitrogens with zero attached hydrogens (tertiary/aromatic N) is 1. The molecule has 0 atom stereocenters. The predicted molar refractivity (Wildman–Crippen MR) is 78.2 cm³/mol. The lowest BCUT2D eigenvalue weighted by Gasteiger charge is -2.06. The van der Waals surface area contributed by atoms with Crippen LogP contribution in [0, 0.1) is 20.7 Å². The molecule has 0 aliphatic rings. The summed E-state index contributed by atoms with van der Waals surface area (Å²) in [5.74, 6) is -0.901. The summed E-state index contributed by atoms with van der Waals surface area (Å²) in [6.45, 7) is 0. The Bertz CT molecular complexity index is 662. The van der Waals surface area contributed by atoms with E-state index < -0.39 is 5.82 Å². The summed E-state index contributed by atoms with van der Waals surface area (Å²) < 4.78 is 14.2. The second-order valence-electron chi connectivity index (χ2n) is 3.77. The van der Waals surface area contributed by atoms with Crippen LogP contribution in [0.25, 0.3) is 0 Å². The van der Waals surface area contributed by atoms with E-state index in [9.17, 15) is 9.18 Å². The summed E-state index contributed by atoms with van der Waals surface area (Å²) >= 11 is 2.15. The summed E-state index contributed by atoms with van der Waals surface area (Å²) in [5.41, 5.74) is 0.796. The number of rotatable bonds is 2. The molecule has 0 fully saturated rings. The minimum Gasteiger partial charge on any atom is -0.322 e. The minimum atomic E-state index is -0.602. The van der Waals surface area contributed by atoms with Gasteiger partial charge in [-0.25, -0.2) is 4.39 Å². The van der Waals surface area contributed by atoms with Gasteiger partial charge in [0.25, 0.3) is 5.91 Å². The van der Waals surface area contributed by atoms with E-state index >= 15 is 0 Å². The maximum atomic E-state index is 13.1. The molecule has 0 unspecified atom stereocenters. The van der Waals surface area contributed by atoms with Crippen molar-refractivity contribution in [1.29, 1.82) is 5.26 Å². The molecule has 5 heteroatoms. The average Bonchev–Trinajstić information content (AvgIpc) is 2.41. The van der Waals surface area contributed by atoms with Gasteiger partial charge in [0.2, 0.25) is 0 Å². The molecule has 1 N–H and O–H groups in total. The van der Waals surface area contributed by atoms with Crippen LogP contribution in [-0.4, -0.2) is 5.91 Å². The molecule has 0 aliphatic heterocycles. The van der Waals surface area contributed by atoms with E-state index in [-0.39, 0.29) is 11.5 Å². The first kappa shape index (κ1) is 13.5. The van der Waals surface area contributed by atoms with Gasteiger partial charge in [-0.2, -0.15) is 5.26 Å². The van der Waals surface area contributed by atoms with Gasteiger partial charge in [-0.15, -0.1) is 0 Å². The van der Waals surface area contributed by atoms with Crippen LogP contribution < -0.4 is 5.32 Å². The van der Waals surface area contributed by atoms with Crippen LogP contribution in [0.3, 0.4) is 0 Å². The van der Waals surface area contributed by atoms with Crippen molar-refractivity contribution in [1.82, 2.24) is 0 Å². The van der Waals surface area contributed by atoms with Crippen LogP contribution >= 0.6 is 22.6 Å². The number of nitriles is 1. The normalized spacial score (nSPS) is 9.74. The van der Waals surface area contributed by atoms with Gasteiger partial charge in [-0.1, -0.05) is 0 Å². The molecule has 0 aliphatic carbocycles. The quantitative estimate of drug-likeness (QED) is 0.827. The van der Waals surface area contributed by atoms with Crippen molar-refractivity contribution in [2.75, 3.05) is 5.32 Å². The van der Waals surface area contributed by atoms with Gasteiger partial charge in [0.05, 0.1) is 5.56 Å². The molecule has 1 amide bonds. The van der Waals surface area contributed by atoms with Crippen LogP contribution in [0.4, 0.5) is 10.1 Å². The molecular formula is C14H8FIN2O. The molecule has 2 aromatic carbocycles. The molecule has 2 rings (SSSR count). The molecule has 19 heavy (non-hydrogen) atoms. The van der Waals surface area contributed by atoms with Gasteiger partial charge in [0.1, 0.15) is 11.9 Å². The van der Waals surface area contributed by atoms with E-state index in [1.165, 1.54) is 12.1 Å². The summed E-state index contributed by atoms with van der Waals surface area (Å²) in [6.07, 6.45) is 0. The number of halogens is 2. The highest BCUT2D eigenvalue weighted by Crippen LogP contribution is 2.15. The molecule has 0 aromatic heterocycles. The lowest BCUT2D eigenvalue weighted by atomic mass is 10.2. The van der Waals surface area contributed by atoms with Gasteiger partial charge in [-0.3, -0.25) is 4.79 Å². The summed E-state index contributed by atoms with van der Waals surface area (Å²) in [6, 6.07) is 12.6. The summed E-state index contributed by atoms with van der Waals surface area (Å²) in [5, 5.41) is 11.3. The molecule has 0 heterocycles. The van der Waals surface area contributed by atoms with Crippen molar-refractivity contribution >= 4 is 34.2 Å². The van der Waals surface area contributed by atoms with Crippen LogP contribution in [0.5, 0.6) is 0 Å². The molecule has 0 bridgehead atoms. The van der Waals surface area contributed by atoms with Crippen molar-refractivity contribution in [2.24, 2.45) is 0 Å². The Morgan fingerprint density at radius 1 is 1.21 bits per heavy atom. The first-order valence-corrected chi connectivity index (χ1v) is 6.44. The zero-order valence-electron chi connectivity index (χ0n) is 9.65. The Morgan fingerprint density at radius 3 is 2.53 bits per heavy atom. The van der Waals surface area contributed by atoms with Crippen molar-refractivity contribution in [2.45, 2.75) is 0 Å². The SMILES string of the molecule is N#Cc1cc(NC(=O)c2ccc(I)cc2)ccc1F. The Balaban J connectivity index is 2.20. The van der Waals surface area contributed by atoms with E-state index in [1.807, 2.05) is 12.1 Å². The fourth-order valence-corrected chi connectivity index (χ4v) is 1.85. The van der Waals surface area contributed by atoms with E-state index in [0.717, 1.165) is 9.64 Å². The fourth-order valence-electron chi connectivity index (χ4n) is 1.49. The van der Waals surface area contributed by atoms with E-state index in [0.29, 0.717) is 11.3 Å². The highest BCUT2D eigenvalue weighted by Gasteiger charge is 2.08. The molecule has 3 nitrogen and oxygen atoms in total. The number of nitrogens with one attached hydrogen (secondary N) is 1. The van der Waals surface area contributed by atoms with Gasteiger partial charge < -0.3 is 5.32 Å².